The average Bonchev–Trinajstić information content (AvgIpc) is 3.31. The van der Waals surface area contributed by atoms with E-state index in [2.05, 4.69) is 6.58 Å². The molecule has 1 amide bonds. The van der Waals surface area contributed by atoms with Crippen LogP contribution in [0, 0.1) is 0 Å². The third-order valence-electron chi connectivity index (χ3n) is 4.18. The van der Waals surface area contributed by atoms with E-state index in [1.807, 2.05) is 30.3 Å². The Morgan fingerprint density at radius 1 is 1.38 bits per heavy atom. The van der Waals surface area contributed by atoms with Crippen LogP contribution >= 0.6 is 22.9 Å². The van der Waals surface area contributed by atoms with E-state index in [-0.39, 0.29) is 12.0 Å². The highest BCUT2D eigenvalue weighted by Gasteiger charge is 2.21. The molecule has 1 aromatic heterocycles. The molecule has 0 bridgehead atoms. The van der Waals surface area contributed by atoms with Gasteiger partial charge in [-0.25, -0.2) is 0 Å². The molecule has 6 heteroatoms. The molecule has 3 rings (SSSR count). The molecule has 138 valence electrons. The Morgan fingerprint density at radius 3 is 2.92 bits per heavy atom. The normalized spacial score (nSPS) is 16.4. The third kappa shape index (κ3) is 4.87. The highest BCUT2D eigenvalue weighted by Crippen LogP contribution is 2.26. The fourth-order valence-electron chi connectivity index (χ4n) is 2.90. The molecule has 1 fully saturated rings. The topological polar surface area (TPSA) is 38.8 Å². The van der Waals surface area contributed by atoms with Crippen molar-refractivity contribution in [3.05, 3.63) is 63.8 Å². The first-order chi connectivity index (χ1) is 12.7. The molecule has 0 aliphatic carbocycles. The quantitative estimate of drug-likeness (QED) is 0.607. The maximum Gasteiger partial charge on any atom is 0.258 e. The van der Waals surface area contributed by atoms with Crippen LogP contribution in [0.2, 0.25) is 4.34 Å². The van der Waals surface area contributed by atoms with E-state index in [1.165, 1.54) is 11.3 Å². The number of para-hydroxylation sites is 1. The van der Waals surface area contributed by atoms with Crippen LogP contribution in [0.1, 0.15) is 28.1 Å². The van der Waals surface area contributed by atoms with Gasteiger partial charge in [-0.15, -0.1) is 17.9 Å². The highest BCUT2D eigenvalue weighted by molar-refractivity contribution is 7.16. The second kappa shape index (κ2) is 9.21. The van der Waals surface area contributed by atoms with Crippen LogP contribution in [0.15, 0.2) is 49.1 Å². The van der Waals surface area contributed by atoms with Crippen LogP contribution in [0.25, 0.3) is 0 Å². The zero-order chi connectivity index (χ0) is 18.4. The van der Waals surface area contributed by atoms with Crippen LogP contribution in [-0.2, 0) is 11.3 Å². The van der Waals surface area contributed by atoms with E-state index in [4.69, 9.17) is 21.1 Å². The third-order valence-corrected chi connectivity index (χ3v) is 5.39. The number of hydrogen-bond acceptors (Lipinski definition) is 4. The molecule has 1 aromatic carbocycles. The van der Waals surface area contributed by atoms with Crippen molar-refractivity contribution >= 4 is 28.8 Å². The van der Waals surface area contributed by atoms with E-state index in [0.29, 0.717) is 35.3 Å². The van der Waals surface area contributed by atoms with Crippen LogP contribution in [0.3, 0.4) is 0 Å². The number of ether oxygens (including phenoxy) is 2. The van der Waals surface area contributed by atoms with Gasteiger partial charge in [0, 0.05) is 18.0 Å². The van der Waals surface area contributed by atoms with Gasteiger partial charge in [-0.05, 0) is 37.1 Å². The number of thiophene rings is 1. The van der Waals surface area contributed by atoms with Crippen molar-refractivity contribution < 1.29 is 14.3 Å². The SMILES string of the molecule is C=CCN(Cc1ccc(Cl)s1)C(=O)c1ccccc1OCC1CCCO1. The monoisotopic (exact) mass is 391 g/mol. The Morgan fingerprint density at radius 2 is 2.23 bits per heavy atom. The molecule has 2 aromatic rings. The van der Waals surface area contributed by atoms with Crippen molar-refractivity contribution in [3.63, 3.8) is 0 Å². The Labute approximate surface area is 163 Å². The van der Waals surface area contributed by atoms with E-state index < -0.39 is 0 Å². The van der Waals surface area contributed by atoms with Crippen molar-refractivity contribution in [2.24, 2.45) is 0 Å². The van der Waals surface area contributed by atoms with Gasteiger partial charge in [-0.3, -0.25) is 4.79 Å². The minimum atomic E-state index is -0.0858. The predicted octanol–water partition coefficient (Wildman–Crippen LogP) is 4.79. The lowest BCUT2D eigenvalue weighted by Gasteiger charge is -2.22. The molecule has 2 heterocycles. The van der Waals surface area contributed by atoms with Crippen LogP contribution in [0.5, 0.6) is 5.75 Å². The first-order valence-electron chi connectivity index (χ1n) is 8.65. The number of carbonyl (C=O) groups is 1. The second-order valence-corrected chi connectivity index (χ2v) is 7.92. The summed E-state index contributed by atoms with van der Waals surface area (Å²) in [7, 11) is 0. The number of halogens is 1. The zero-order valence-electron chi connectivity index (χ0n) is 14.5. The Hall–Kier alpha value is -1.82. The zero-order valence-corrected chi connectivity index (χ0v) is 16.1. The van der Waals surface area contributed by atoms with E-state index in [1.54, 1.807) is 17.0 Å². The van der Waals surface area contributed by atoms with Crippen LogP contribution in [0.4, 0.5) is 0 Å². The van der Waals surface area contributed by atoms with Crippen molar-refractivity contribution in [2.75, 3.05) is 19.8 Å². The molecule has 1 atom stereocenters. The largest absolute Gasteiger partial charge is 0.490 e. The molecular weight excluding hydrogens is 370 g/mol. The number of rotatable bonds is 8. The van der Waals surface area contributed by atoms with Crippen molar-refractivity contribution in [1.82, 2.24) is 4.90 Å². The second-order valence-electron chi connectivity index (χ2n) is 6.12. The molecule has 0 N–H and O–H groups in total. The number of carbonyl (C=O) groups excluding carboxylic acids is 1. The van der Waals surface area contributed by atoms with E-state index in [0.717, 1.165) is 24.3 Å². The summed E-state index contributed by atoms with van der Waals surface area (Å²) in [6.45, 7) is 5.96. The van der Waals surface area contributed by atoms with Crippen LogP contribution in [-0.4, -0.2) is 36.7 Å². The molecule has 0 saturated carbocycles. The van der Waals surface area contributed by atoms with Gasteiger partial charge in [0.2, 0.25) is 0 Å². The summed E-state index contributed by atoms with van der Waals surface area (Å²) in [6.07, 6.45) is 3.89. The first kappa shape index (κ1) is 19.0. The lowest BCUT2D eigenvalue weighted by Crippen LogP contribution is -2.31. The van der Waals surface area contributed by atoms with Gasteiger partial charge in [0.1, 0.15) is 12.4 Å². The van der Waals surface area contributed by atoms with E-state index >= 15 is 0 Å². The number of amides is 1. The van der Waals surface area contributed by atoms with Gasteiger partial charge in [-0.2, -0.15) is 0 Å². The maximum atomic E-state index is 13.1. The Balaban J connectivity index is 1.74. The fourth-order valence-corrected chi connectivity index (χ4v) is 4.00. The molecule has 1 unspecified atom stereocenters. The van der Waals surface area contributed by atoms with Gasteiger partial charge in [0.25, 0.3) is 5.91 Å². The average molecular weight is 392 g/mol. The predicted molar refractivity (Wildman–Crippen MR) is 105 cm³/mol. The highest BCUT2D eigenvalue weighted by atomic mass is 35.5. The summed E-state index contributed by atoms with van der Waals surface area (Å²) in [5, 5.41) is 0. The van der Waals surface area contributed by atoms with E-state index in [9.17, 15) is 4.79 Å². The molecule has 4 nitrogen and oxygen atoms in total. The summed E-state index contributed by atoms with van der Waals surface area (Å²) in [5.41, 5.74) is 0.551. The minimum absolute atomic E-state index is 0.0858. The summed E-state index contributed by atoms with van der Waals surface area (Å²) >= 11 is 7.48. The lowest BCUT2D eigenvalue weighted by molar-refractivity contribution is 0.0652. The smallest absolute Gasteiger partial charge is 0.258 e. The van der Waals surface area contributed by atoms with Gasteiger partial charge < -0.3 is 14.4 Å². The van der Waals surface area contributed by atoms with Crippen molar-refractivity contribution in [3.8, 4) is 5.75 Å². The van der Waals surface area contributed by atoms with Gasteiger partial charge in [0.05, 0.1) is 22.5 Å². The maximum absolute atomic E-state index is 13.1. The molecule has 0 spiro atoms. The van der Waals surface area contributed by atoms with Crippen molar-refractivity contribution in [2.45, 2.75) is 25.5 Å². The fraction of sp³-hybridized carbons (Fsp3) is 0.350. The number of benzene rings is 1. The molecular formula is C20H22ClNO3S. The van der Waals surface area contributed by atoms with Crippen molar-refractivity contribution in [1.29, 1.82) is 0 Å². The molecule has 1 aliphatic heterocycles. The molecule has 0 radical (unpaired) electrons. The summed E-state index contributed by atoms with van der Waals surface area (Å²) in [4.78, 5) is 15.9. The van der Waals surface area contributed by atoms with Gasteiger partial charge in [0.15, 0.2) is 0 Å². The van der Waals surface area contributed by atoms with Gasteiger partial charge >= 0.3 is 0 Å². The minimum Gasteiger partial charge on any atom is -0.490 e. The molecule has 26 heavy (non-hydrogen) atoms. The molecule has 1 aliphatic rings. The Kier molecular flexibility index (Phi) is 6.72. The number of hydrogen-bond donors (Lipinski definition) is 0. The summed E-state index contributed by atoms with van der Waals surface area (Å²) < 4.78 is 12.2. The Bertz CT molecular complexity index is 755. The summed E-state index contributed by atoms with van der Waals surface area (Å²) in [6, 6.07) is 11.1. The standard InChI is InChI=1S/C20H22ClNO3S/c1-2-11-22(13-16-9-10-19(21)26-16)20(23)17-7-3-4-8-18(17)25-14-15-6-5-12-24-15/h2-4,7-10,15H,1,5-6,11-14H2. The molecule has 1 saturated heterocycles. The van der Waals surface area contributed by atoms with Crippen LogP contribution < -0.4 is 4.74 Å². The first-order valence-corrected chi connectivity index (χ1v) is 9.84. The number of nitrogens with zero attached hydrogens (tertiary/aromatic N) is 1. The lowest BCUT2D eigenvalue weighted by atomic mass is 10.1. The van der Waals surface area contributed by atoms with Gasteiger partial charge in [-0.1, -0.05) is 29.8 Å². The summed E-state index contributed by atoms with van der Waals surface area (Å²) in [5.74, 6) is 0.503.